The minimum Gasteiger partial charge on any atom is -0.323 e. The molecule has 1 aromatic heterocycles. The summed E-state index contributed by atoms with van der Waals surface area (Å²) in [5, 5.41) is 6.50. The zero-order valence-corrected chi connectivity index (χ0v) is 11.1. The van der Waals surface area contributed by atoms with E-state index in [-0.39, 0.29) is 11.9 Å². The van der Waals surface area contributed by atoms with Crippen LogP contribution < -0.4 is 10.6 Å². The molecule has 92 valence electrons. The number of anilines is 1. The predicted octanol–water partition coefficient (Wildman–Crippen LogP) is 1.69. The van der Waals surface area contributed by atoms with Gasteiger partial charge in [-0.25, -0.2) is 4.98 Å². The van der Waals surface area contributed by atoms with E-state index in [1.165, 1.54) is 0 Å². The molecule has 6 heteroatoms. The molecule has 1 aliphatic heterocycles. The monoisotopic (exact) mass is 271 g/mol. The first-order chi connectivity index (χ1) is 8.16. The molecular weight excluding hydrogens is 258 g/mol. The summed E-state index contributed by atoms with van der Waals surface area (Å²) in [7, 11) is 0. The molecular formula is C11H14ClN3OS. The van der Waals surface area contributed by atoms with Crippen LogP contribution in [0.4, 0.5) is 5.69 Å². The fraction of sp³-hybridized carbons (Fsp3) is 0.455. The van der Waals surface area contributed by atoms with Crippen LogP contribution in [0.3, 0.4) is 0 Å². The number of hydrogen-bond donors (Lipinski definition) is 2. The summed E-state index contributed by atoms with van der Waals surface area (Å²) in [6, 6.07) is 1.61. The summed E-state index contributed by atoms with van der Waals surface area (Å²) >= 11 is 7.55. The second-order valence-corrected chi connectivity index (χ2v) is 5.43. The van der Waals surface area contributed by atoms with Crippen LogP contribution in [0.1, 0.15) is 5.56 Å². The Kier molecular flexibility index (Phi) is 4.25. The number of rotatable bonds is 2. The van der Waals surface area contributed by atoms with Crippen LogP contribution in [0.5, 0.6) is 0 Å². The molecule has 1 aliphatic rings. The van der Waals surface area contributed by atoms with Gasteiger partial charge in [0.05, 0.1) is 17.9 Å². The molecule has 4 nitrogen and oxygen atoms in total. The van der Waals surface area contributed by atoms with Crippen molar-refractivity contribution >= 4 is 35.0 Å². The number of carbonyl (C=O) groups excluding carboxylic acids is 1. The number of aryl methyl sites for hydroxylation is 1. The average Bonchev–Trinajstić information content (AvgIpc) is 2.34. The number of hydrogen-bond acceptors (Lipinski definition) is 4. The number of nitrogens with one attached hydrogen (secondary N) is 2. The van der Waals surface area contributed by atoms with Crippen molar-refractivity contribution in [2.75, 3.05) is 23.4 Å². The molecule has 1 amide bonds. The van der Waals surface area contributed by atoms with Crippen LogP contribution in [0.2, 0.25) is 5.15 Å². The summed E-state index contributed by atoms with van der Waals surface area (Å²) in [5.41, 5.74) is 1.64. The van der Waals surface area contributed by atoms with Crippen LogP contribution >= 0.6 is 23.4 Å². The van der Waals surface area contributed by atoms with E-state index in [0.717, 1.165) is 29.3 Å². The lowest BCUT2D eigenvalue weighted by atomic mass is 10.2. The van der Waals surface area contributed by atoms with Gasteiger partial charge in [-0.15, -0.1) is 0 Å². The van der Waals surface area contributed by atoms with Crippen molar-refractivity contribution in [3.63, 3.8) is 0 Å². The van der Waals surface area contributed by atoms with Crippen molar-refractivity contribution < 1.29 is 4.79 Å². The number of pyridine rings is 1. The minimum absolute atomic E-state index is 0.00979. The number of halogens is 1. The maximum absolute atomic E-state index is 12.0. The van der Waals surface area contributed by atoms with Crippen molar-refractivity contribution in [1.82, 2.24) is 10.3 Å². The maximum atomic E-state index is 12.0. The number of thioether (sulfide) groups is 1. The summed E-state index contributed by atoms with van der Waals surface area (Å²) in [4.78, 5) is 15.9. The Bertz CT molecular complexity index is 421. The lowest BCUT2D eigenvalue weighted by Crippen LogP contribution is -2.46. The smallest absolute Gasteiger partial charge is 0.242 e. The molecule has 1 saturated heterocycles. The first-order valence-electron chi connectivity index (χ1n) is 5.41. The Labute approximate surface area is 110 Å². The number of nitrogens with zero attached hydrogens (tertiary/aromatic N) is 1. The van der Waals surface area contributed by atoms with E-state index < -0.39 is 0 Å². The van der Waals surface area contributed by atoms with Gasteiger partial charge < -0.3 is 10.6 Å². The molecule has 0 saturated carbocycles. The molecule has 0 radical (unpaired) electrons. The summed E-state index contributed by atoms with van der Waals surface area (Å²) in [5.74, 6) is 1.86. The molecule has 2 rings (SSSR count). The van der Waals surface area contributed by atoms with E-state index in [0.29, 0.717) is 5.15 Å². The highest BCUT2D eigenvalue weighted by molar-refractivity contribution is 7.99. The van der Waals surface area contributed by atoms with Gasteiger partial charge in [0.25, 0.3) is 0 Å². The van der Waals surface area contributed by atoms with Crippen molar-refractivity contribution in [3.05, 3.63) is 23.0 Å². The normalized spacial score (nSPS) is 20.0. The Hall–Kier alpha value is -0.780. The molecule has 1 aromatic rings. The molecule has 1 unspecified atom stereocenters. The summed E-state index contributed by atoms with van der Waals surface area (Å²) in [6.45, 7) is 2.77. The number of aromatic nitrogens is 1. The van der Waals surface area contributed by atoms with Crippen LogP contribution in [-0.2, 0) is 4.79 Å². The van der Waals surface area contributed by atoms with E-state index in [1.54, 1.807) is 24.0 Å². The van der Waals surface area contributed by atoms with Crippen molar-refractivity contribution in [3.8, 4) is 0 Å². The van der Waals surface area contributed by atoms with Gasteiger partial charge in [0, 0.05) is 18.1 Å². The lowest BCUT2D eigenvalue weighted by Gasteiger charge is -2.22. The first-order valence-corrected chi connectivity index (χ1v) is 6.94. The van der Waals surface area contributed by atoms with Gasteiger partial charge in [0.15, 0.2) is 0 Å². The van der Waals surface area contributed by atoms with Gasteiger partial charge in [-0.2, -0.15) is 11.8 Å². The molecule has 0 bridgehead atoms. The Morgan fingerprint density at radius 3 is 3.18 bits per heavy atom. The van der Waals surface area contributed by atoms with Gasteiger partial charge >= 0.3 is 0 Å². The van der Waals surface area contributed by atoms with Gasteiger partial charge in [-0.1, -0.05) is 11.6 Å². The van der Waals surface area contributed by atoms with E-state index >= 15 is 0 Å². The third-order valence-electron chi connectivity index (χ3n) is 2.57. The highest BCUT2D eigenvalue weighted by Crippen LogP contribution is 2.17. The average molecular weight is 272 g/mol. The minimum atomic E-state index is -0.121. The van der Waals surface area contributed by atoms with Crippen LogP contribution in [0.15, 0.2) is 12.3 Å². The van der Waals surface area contributed by atoms with Crippen molar-refractivity contribution in [1.29, 1.82) is 0 Å². The largest absolute Gasteiger partial charge is 0.323 e. The van der Waals surface area contributed by atoms with E-state index in [9.17, 15) is 4.79 Å². The number of carbonyl (C=O) groups is 1. The first kappa shape index (κ1) is 12.7. The molecule has 17 heavy (non-hydrogen) atoms. The molecule has 0 aromatic carbocycles. The lowest BCUT2D eigenvalue weighted by molar-refractivity contribution is -0.117. The molecule has 0 spiro atoms. The quantitative estimate of drug-likeness (QED) is 0.804. The highest BCUT2D eigenvalue weighted by atomic mass is 35.5. The Morgan fingerprint density at radius 2 is 2.53 bits per heavy atom. The van der Waals surface area contributed by atoms with Gasteiger partial charge in [0.1, 0.15) is 5.15 Å². The highest BCUT2D eigenvalue weighted by Gasteiger charge is 2.21. The molecule has 0 aliphatic carbocycles. The van der Waals surface area contributed by atoms with Crippen LogP contribution in [0, 0.1) is 6.92 Å². The second kappa shape index (κ2) is 5.71. The zero-order chi connectivity index (χ0) is 12.3. The standard InChI is InChI=1S/C11H14ClN3OS/c1-7-4-10(12)14-5-8(7)15-11(16)9-6-17-3-2-13-9/h4-5,9,13H,2-3,6H2,1H3,(H,15,16). The van der Waals surface area contributed by atoms with Gasteiger partial charge in [-0.05, 0) is 18.6 Å². The summed E-state index contributed by atoms with van der Waals surface area (Å²) < 4.78 is 0. The van der Waals surface area contributed by atoms with Crippen LogP contribution in [0.25, 0.3) is 0 Å². The van der Waals surface area contributed by atoms with E-state index in [4.69, 9.17) is 11.6 Å². The summed E-state index contributed by atoms with van der Waals surface area (Å²) in [6.07, 6.45) is 1.59. The van der Waals surface area contributed by atoms with Crippen molar-refractivity contribution in [2.24, 2.45) is 0 Å². The fourth-order valence-corrected chi connectivity index (χ4v) is 2.75. The van der Waals surface area contributed by atoms with Gasteiger partial charge in [-0.3, -0.25) is 4.79 Å². The Morgan fingerprint density at radius 1 is 1.71 bits per heavy atom. The predicted molar refractivity (Wildman–Crippen MR) is 71.7 cm³/mol. The molecule has 2 N–H and O–H groups in total. The van der Waals surface area contributed by atoms with Crippen molar-refractivity contribution in [2.45, 2.75) is 13.0 Å². The van der Waals surface area contributed by atoms with Crippen LogP contribution in [-0.4, -0.2) is 35.0 Å². The SMILES string of the molecule is Cc1cc(Cl)ncc1NC(=O)C1CSCCN1. The van der Waals surface area contributed by atoms with Gasteiger partial charge in [0.2, 0.25) is 5.91 Å². The fourth-order valence-electron chi connectivity index (χ4n) is 1.61. The maximum Gasteiger partial charge on any atom is 0.242 e. The van der Waals surface area contributed by atoms with E-state index in [2.05, 4.69) is 15.6 Å². The Balaban J connectivity index is 2.02. The van der Waals surface area contributed by atoms with E-state index in [1.807, 2.05) is 6.92 Å². The third-order valence-corrected chi connectivity index (χ3v) is 3.84. The zero-order valence-electron chi connectivity index (χ0n) is 9.50. The second-order valence-electron chi connectivity index (χ2n) is 3.89. The molecule has 2 heterocycles. The molecule has 1 fully saturated rings. The number of amides is 1. The third kappa shape index (κ3) is 3.34. The molecule has 1 atom stereocenters. The topological polar surface area (TPSA) is 54.0 Å².